The Bertz CT molecular complexity index is 274. The summed E-state index contributed by atoms with van der Waals surface area (Å²) in [7, 11) is -0.949. The molecule has 1 unspecified atom stereocenters. The molecule has 0 saturated carbocycles. The van der Waals surface area contributed by atoms with E-state index in [0.717, 1.165) is 12.8 Å². The predicted molar refractivity (Wildman–Crippen MR) is 61.1 cm³/mol. The van der Waals surface area contributed by atoms with Gasteiger partial charge >= 0.3 is 0 Å². The molecule has 0 aliphatic carbocycles. The zero-order valence-electron chi connectivity index (χ0n) is 9.41. The third-order valence-electron chi connectivity index (χ3n) is 2.35. The molecular formula is C11H19NOS. The van der Waals surface area contributed by atoms with Gasteiger partial charge in [-0.2, -0.15) is 0 Å². The third-order valence-corrected chi connectivity index (χ3v) is 4.27. The Morgan fingerprint density at radius 3 is 2.43 bits per heavy atom. The lowest BCUT2D eigenvalue weighted by Crippen LogP contribution is -2.28. The van der Waals surface area contributed by atoms with Crippen molar-refractivity contribution in [2.45, 2.75) is 57.4 Å². The van der Waals surface area contributed by atoms with Gasteiger partial charge in [-0.15, -0.1) is 6.42 Å². The van der Waals surface area contributed by atoms with E-state index in [9.17, 15) is 4.21 Å². The maximum atomic E-state index is 12.0. The molecule has 0 bridgehead atoms. The standard InChI is InChI=1S/C11H19NOS/c1-6-8-10-9(7-2)12(10)14(13)11(3,4)5/h2,9-10H,6,8H2,1,3-5H3/t9-,10-,12?,14-/m1/s1. The molecule has 1 heterocycles. The third kappa shape index (κ3) is 2.18. The molecule has 0 amide bonds. The van der Waals surface area contributed by atoms with E-state index in [1.165, 1.54) is 0 Å². The maximum Gasteiger partial charge on any atom is 0.101 e. The van der Waals surface area contributed by atoms with E-state index in [0.29, 0.717) is 6.04 Å². The van der Waals surface area contributed by atoms with Crippen molar-refractivity contribution in [3.8, 4) is 12.3 Å². The van der Waals surface area contributed by atoms with Crippen molar-refractivity contribution in [1.29, 1.82) is 0 Å². The van der Waals surface area contributed by atoms with Crippen LogP contribution in [0.25, 0.3) is 0 Å². The fraction of sp³-hybridized carbons (Fsp3) is 0.818. The topological polar surface area (TPSA) is 20.1 Å². The average Bonchev–Trinajstić information content (AvgIpc) is 2.76. The molecule has 0 aromatic heterocycles. The summed E-state index contributed by atoms with van der Waals surface area (Å²) in [4.78, 5) is 0. The first-order valence-electron chi connectivity index (χ1n) is 5.10. The molecule has 0 N–H and O–H groups in total. The molecule has 1 fully saturated rings. The van der Waals surface area contributed by atoms with E-state index in [4.69, 9.17) is 6.42 Å². The smallest absolute Gasteiger partial charge is 0.101 e. The van der Waals surface area contributed by atoms with Crippen LogP contribution in [0.4, 0.5) is 0 Å². The molecule has 3 heteroatoms. The number of terminal acetylenes is 1. The molecule has 1 aliphatic rings. The second-order valence-electron chi connectivity index (χ2n) is 4.69. The van der Waals surface area contributed by atoms with E-state index in [1.54, 1.807) is 0 Å². The molecule has 1 saturated heterocycles. The van der Waals surface area contributed by atoms with Gasteiger partial charge in [-0.3, -0.25) is 0 Å². The zero-order valence-corrected chi connectivity index (χ0v) is 10.2. The summed E-state index contributed by atoms with van der Waals surface area (Å²) in [5, 5.41) is 0. The molecule has 0 radical (unpaired) electrons. The van der Waals surface area contributed by atoms with Crippen molar-refractivity contribution in [3.05, 3.63) is 0 Å². The zero-order chi connectivity index (χ0) is 10.9. The van der Waals surface area contributed by atoms with Crippen LogP contribution in [0.3, 0.4) is 0 Å². The Morgan fingerprint density at radius 1 is 1.50 bits per heavy atom. The second-order valence-corrected chi connectivity index (χ2v) is 6.83. The van der Waals surface area contributed by atoms with Crippen LogP contribution < -0.4 is 0 Å². The minimum absolute atomic E-state index is 0.106. The number of nitrogens with zero attached hydrogens (tertiary/aromatic N) is 1. The van der Waals surface area contributed by atoms with Gasteiger partial charge in [0.2, 0.25) is 0 Å². The monoisotopic (exact) mass is 213 g/mol. The van der Waals surface area contributed by atoms with Gasteiger partial charge in [0.1, 0.15) is 11.0 Å². The summed E-state index contributed by atoms with van der Waals surface area (Å²) in [6.45, 7) is 8.08. The van der Waals surface area contributed by atoms with Crippen LogP contribution in [0.2, 0.25) is 0 Å². The van der Waals surface area contributed by atoms with E-state index >= 15 is 0 Å². The van der Waals surface area contributed by atoms with Crippen molar-refractivity contribution in [3.63, 3.8) is 0 Å². The van der Waals surface area contributed by atoms with Crippen molar-refractivity contribution in [2.75, 3.05) is 0 Å². The Balaban J connectivity index is 2.64. The second kappa shape index (κ2) is 4.04. The van der Waals surface area contributed by atoms with Gasteiger partial charge in [-0.25, -0.2) is 8.51 Å². The number of hydrogen-bond acceptors (Lipinski definition) is 1. The van der Waals surface area contributed by atoms with Gasteiger partial charge in [0.25, 0.3) is 0 Å². The predicted octanol–water partition coefficient (Wildman–Crippen LogP) is 1.93. The first-order valence-corrected chi connectivity index (χ1v) is 6.20. The average molecular weight is 213 g/mol. The molecule has 2 nitrogen and oxygen atoms in total. The summed E-state index contributed by atoms with van der Waals surface area (Å²) in [5.74, 6) is 2.71. The lowest BCUT2D eigenvalue weighted by atomic mass is 10.2. The quantitative estimate of drug-likeness (QED) is 0.518. The van der Waals surface area contributed by atoms with Crippen molar-refractivity contribution < 1.29 is 4.21 Å². The SMILES string of the molecule is C#C[C@@H]1[C@@H](CCC)N1[S@](=O)C(C)(C)C. The Kier molecular flexibility index (Phi) is 3.39. The normalized spacial score (nSPS) is 33.5. The van der Waals surface area contributed by atoms with Crippen LogP contribution in [0.15, 0.2) is 0 Å². The maximum absolute atomic E-state index is 12.0. The highest BCUT2D eigenvalue weighted by Crippen LogP contribution is 2.37. The van der Waals surface area contributed by atoms with Gasteiger partial charge in [0.15, 0.2) is 0 Å². The van der Waals surface area contributed by atoms with Crippen LogP contribution >= 0.6 is 0 Å². The Hall–Kier alpha value is -0.330. The summed E-state index contributed by atoms with van der Waals surface area (Å²) in [5.41, 5.74) is 0. The first kappa shape index (κ1) is 11.7. The van der Waals surface area contributed by atoms with Gasteiger partial charge < -0.3 is 0 Å². The van der Waals surface area contributed by atoms with Gasteiger partial charge in [0.05, 0.1) is 16.8 Å². The lowest BCUT2D eigenvalue weighted by molar-refractivity contribution is 0.592. The molecule has 80 valence electrons. The molecule has 14 heavy (non-hydrogen) atoms. The molecule has 0 aromatic rings. The van der Waals surface area contributed by atoms with E-state index < -0.39 is 11.0 Å². The molecular weight excluding hydrogens is 194 g/mol. The number of hydrogen-bond donors (Lipinski definition) is 0. The van der Waals surface area contributed by atoms with Crippen LogP contribution in [0.5, 0.6) is 0 Å². The summed E-state index contributed by atoms with van der Waals surface area (Å²) < 4.78 is 13.8. The highest BCUT2D eigenvalue weighted by atomic mass is 32.2. The summed E-state index contributed by atoms with van der Waals surface area (Å²) in [6, 6.07) is 0.458. The van der Waals surface area contributed by atoms with Crippen molar-refractivity contribution in [1.82, 2.24) is 4.31 Å². The molecule has 4 atom stereocenters. The van der Waals surface area contributed by atoms with E-state index in [-0.39, 0.29) is 10.8 Å². The lowest BCUT2D eigenvalue weighted by Gasteiger charge is -2.18. The van der Waals surface area contributed by atoms with Crippen LogP contribution in [-0.2, 0) is 11.0 Å². The fourth-order valence-electron chi connectivity index (χ4n) is 1.57. The summed E-state index contributed by atoms with van der Waals surface area (Å²) in [6.07, 6.45) is 7.55. The van der Waals surface area contributed by atoms with Crippen LogP contribution in [0, 0.1) is 12.3 Å². The highest BCUT2D eigenvalue weighted by molar-refractivity contribution is 7.84. The van der Waals surface area contributed by atoms with Crippen LogP contribution in [0.1, 0.15) is 40.5 Å². The van der Waals surface area contributed by atoms with Gasteiger partial charge in [0, 0.05) is 0 Å². The van der Waals surface area contributed by atoms with Crippen molar-refractivity contribution in [2.24, 2.45) is 0 Å². The minimum atomic E-state index is -0.949. The molecule has 0 spiro atoms. The molecule has 0 aromatic carbocycles. The van der Waals surface area contributed by atoms with Gasteiger partial charge in [-0.1, -0.05) is 19.3 Å². The molecule has 1 rings (SSSR count). The summed E-state index contributed by atoms with van der Waals surface area (Å²) >= 11 is 0. The Labute approximate surface area is 89.7 Å². The van der Waals surface area contributed by atoms with Crippen molar-refractivity contribution >= 4 is 11.0 Å². The van der Waals surface area contributed by atoms with Crippen LogP contribution in [-0.4, -0.2) is 25.3 Å². The number of rotatable bonds is 3. The Morgan fingerprint density at radius 2 is 2.07 bits per heavy atom. The molecule has 1 aliphatic heterocycles. The largest absolute Gasteiger partial charge is 0.242 e. The fourth-order valence-corrected chi connectivity index (χ4v) is 3.02. The minimum Gasteiger partial charge on any atom is -0.242 e. The first-order chi connectivity index (χ1) is 6.43. The van der Waals surface area contributed by atoms with E-state index in [1.807, 2.05) is 25.1 Å². The van der Waals surface area contributed by atoms with E-state index in [2.05, 4.69) is 12.8 Å². The van der Waals surface area contributed by atoms with Gasteiger partial charge in [-0.05, 0) is 27.2 Å². The highest BCUT2D eigenvalue weighted by Gasteiger charge is 2.51.